The maximum Gasteiger partial charge on any atom is 0.415 e. The maximum absolute atomic E-state index is 12.4. The third-order valence-corrected chi connectivity index (χ3v) is 6.47. The summed E-state index contributed by atoms with van der Waals surface area (Å²) in [6.45, 7) is 4.71. The van der Waals surface area contributed by atoms with Crippen LogP contribution in [0.15, 0.2) is 24.3 Å². The van der Waals surface area contributed by atoms with Gasteiger partial charge in [0.1, 0.15) is 5.75 Å². The number of hydrogen-bond acceptors (Lipinski definition) is 3. The fraction of sp³-hybridized carbons (Fsp3) is 0.708. The minimum absolute atomic E-state index is 0.276. The Labute approximate surface area is 182 Å². The van der Waals surface area contributed by atoms with Gasteiger partial charge < -0.3 is 14.5 Å². The van der Waals surface area contributed by atoms with E-state index in [0.29, 0.717) is 10.8 Å². The third kappa shape index (κ3) is 8.96. The second-order valence-electron chi connectivity index (χ2n) is 8.61. The molecular weight excluding hydrogens is 384 g/mol. The van der Waals surface area contributed by atoms with Crippen LogP contribution in [-0.2, 0) is 0 Å². The van der Waals surface area contributed by atoms with Crippen molar-refractivity contribution in [3.8, 4) is 5.75 Å². The Morgan fingerprint density at radius 3 is 2.24 bits per heavy atom. The first-order chi connectivity index (χ1) is 14.0. The molecule has 0 saturated heterocycles. The Hall–Kier alpha value is -1.26. The Kier molecular flexibility index (Phi) is 10.9. The van der Waals surface area contributed by atoms with Gasteiger partial charge in [0, 0.05) is 18.1 Å². The highest BCUT2D eigenvalue weighted by Crippen LogP contribution is 2.31. The molecule has 0 atom stereocenters. The van der Waals surface area contributed by atoms with Crippen LogP contribution >= 0.6 is 11.6 Å². The van der Waals surface area contributed by atoms with E-state index in [-0.39, 0.29) is 12.1 Å². The highest BCUT2D eigenvalue weighted by molar-refractivity contribution is 6.30. The molecule has 29 heavy (non-hydrogen) atoms. The van der Waals surface area contributed by atoms with E-state index < -0.39 is 0 Å². The van der Waals surface area contributed by atoms with Gasteiger partial charge in [-0.05, 0) is 88.8 Å². The molecule has 1 aromatic rings. The van der Waals surface area contributed by atoms with Crippen LogP contribution in [-0.4, -0.2) is 49.1 Å². The number of benzene rings is 1. The largest absolute Gasteiger partial charge is 0.415 e. The lowest BCUT2D eigenvalue weighted by Crippen LogP contribution is -2.41. The zero-order valence-electron chi connectivity index (χ0n) is 18.5. The smallest absolute Gasteiger partial charge is 0.410 e. The van der Waals surface area contributed by atoms with E-state index in [0.717, 1.165) is 18.8 Å². The molecule has 1 amide bonds. The van der Waals surface area contributed by atoms with Crippen molar-refractivity contribution in [1.82, 2.24) is 9.80 Å². The molecule has 0 N–H and O–H groups in total. The summed E-state index contributed by atoms with van der Waals surface area (Å²) in [5.74, 6) is 1.36. The summed E-state index contributed by atoms with van der Waals surface area (Å²) < 4.78 is 5.47. The van der Waals surface area contributed by atoms with Crippen LogP contribution in [0, 0.1) is 5.92 Å². The molecule has 1 aliphatic carbocycles. The number of unbranched alkanes of at least 4 members (excludes halogenated alkanes) is 3. The number of carbonyl (C=O) groups excluding carboxylic acids is 1. The molecule has 2 rings (SSSR count). The van der Waals surface area contributed by atoms with Gasteiger partial charge in [0.15, 0.2) is 0 Å². The molecule has 0 spiro atoms. The zero-order chi connectivity index (χ0) is 21.1. The van der Waals surface area contributed by atoms with Gasteiger partial charge in [0.05, 0.1) is 0 Å². The molecule has 0 aliphatic heterocycles. The highest BCUT2D eigenvalue weighted by atomic mass is 35.5. The third-order valence-electron chi connectivity index (χ3n) is 6.22. The van der Waals surface area contributed by atoms with Gasteiger partial charge in [-0.1, -0.05) is 44.2 Å². The molecule has 1 fully saturated rings. The van der Waals surface area contributed by atoms with Gasteiger partial charge in [0.25, 0.3) is 0 Å². The Balaban J connectivity index is 1.60. The molecule has 1 aliphatic rings. The van der Waals surface area contributed by atoms with Crippen LogP contribution in [0.3, 0.4) is 0 Å². The molecule has 0 radical (unpaired) electrons. The summed E-state index contributed by atoms with van der Waals surface area (Å²) in [6, 6.07) is 7.21. The van der Waals surface area contributed by atoms with Crippen LogP contribution in [0.2, 0.25) is 5.02 Å². The molecule has 0 aromatic heterocycles. The summed E-state index contributed by atoms with van der Waals surface area (Å²) in [6.07, 6.45) is 12.2. The van der Waals surface area contributed by atoms with Crippen molar-refractivity contribution in [3.63, 3.8) is 0 Å². The molecule has 1 saturated carbocycles. The monoisotopic (exact) mass is 422 g/mol. The van der Waals surface area contributed by atoms with Crippen LogP contribution < -0.4 is 4.74 Å². The predicted molar refractivity (Wildman–Crippen MR) is 122 cm³/mol. The lowest BCUT2D eigenvalue weighted by atomic mass is 9.82. The predicted octanol–water partition coefficient (Wildman–Crippen LogP) is 6.62. The second-order valence-corrected chi connectivity index (χ2v) is 9.05. The summed E-state index contributed by atoms with van der Waals surface area (Å²) >= 11 is 5.88. The van der Waals surface area contributed by atoms with Gasteiger partial charge in [-0.25, -0.2) is 4.79 Å². The first-order valence-electron chi connectivity index (χ1n) is 11.4. The van der Waals surface area contributed by atoms with Crippen molar-refractivity contribution in [1.29, 1.82) is 0 Å². The molecule has 5 heteroatoms. The normalized spacial score (nSPS) is 19.3. The molecule has 164 valence electrons. The minimum Gasteiger partial charge on any atom is -0.410 e. The van der Waals surface area contributed by atoms with Crippen molar-refractivity contribution in [2.24, 2.45) is 5.92 Å². The van der Waals surface area contributed by atoms with Crippen molar-refractivity contribution in [2.45, 2.75) is 77.2 Å². The van der Waals surface area contributed by atoms with Gasteiger partial charge >= 0.3 is 6.09 Å². The maximum atomic E-state index is 12.4. The van der Waals surface area contributed by atoms with E-state index >= 15 is 0 Å². The highest BCUT2D eigenvalue weighted by Gasteiger charge is 2.27. The van der Waals surface area contributed by atoms with Crippen LogP contribution in [0.1, 0.15) is 71.1 Å². The number of nitrogens with zero attached hydrogens (tertiary/aromatic N) is 2. The Morgan fingerprint density at radius 2 is 1.62 bits per heavy atom. The number of hydrogen-bond donors (Lipinski definition) is 0. The first kappa shape index (κ1) is 24.0. The van der Waals surface area contributed by atoms with E-state index in [4.69, 9.17) is 16.3 Å². The van der Waals surface area contributed by atoms with Crippen LogP contribution in [0.5, 0.6) is 5.75 Å². The average Bonchev–Trinajstić information content (AvgIpc) is 2.73. The summed E-state index contributed by atoms with van der Waals surface area (Å²) in [7, 11) is 4.11. The van der Waals surface area contributed by atoms with Crippen LogP contribution in [0.25, 0.3) is 0 Å². The molecule has 0 unspecified atom stereocenters. The lowest BCUT2D eigenvalue weighted by molar-refractivity contribution is 0.123. The molecule has 1 aromatic carbocycles. The Bertz CT molecular complexity index is 585. The van der Waals surface area contributed by atoms with Crippen molar-refractivity contribution >= 4 is 17.7 Å². The summed E-state index contributed by atoms with van der Waals surface area (Å²) in [5, 5.41) is 0.639. The number of halogens is 1. The fourth-order valence-corrected chi connectivity index (χ4v) is 4.33. The van der Waals surface area contributed by atoms with Crippen molar-refractivity contribution in [3.05, 3.63) is 29.3 Å². The van der Waals surface area contributed by atoms with E-state index in [1.807, 2.05) is 7.05 Å². The van der Waals surface area contributed by atoms with Crippen molar-refractivity contribution in [2.75, 3.05) is 27.2 Å². The average molecular weight is 423 g/mol. The van der Waals surface area contributed by atoms with Gasteiger partial charge in [0.2, 0.25) is 0 Å². The molecular formula is C24H39ClN2O2. The zero-order valence-corrected chi connectivity index (χ0v) is 19.3. The number of carbonyl (C=O) groups is 1. The fourth-order valence-electron chi connectivity index (χ4n) is 4.20. The van der Waals surface area contributed by atoms with Crippen LogP contribution in [0.4, 0.5) is 4.79 Å². The van der Waals surface area contributed by atoms with Crippen molar-refractivity contribution < 1.29 is 9.53 Å². The second kappa shape index (κ2) is 13.1. The van der Waals surface area contributed by atoms with E-state index in [1.165, 1.54) is 64.5 Å². The van der Waals surface area contributed by atoms with E-state index in [2.05, 4.69) is 18.9 Å². The number of rotatable bonds is 11. The SMILES string of the molecule is CCCCCN(C)CCCC[C@H]1CC[C@H](N(C)C(=O)Oc2ccc(Cl)cc2)CC1. The first-order valence-corrected chi connectivity index (χ1v) is 11.8. The standard InChI is InChI=1S/C24H39ClN2O2/c1-4-5-7-18-26(2)19-8-6-9-20-10-14-22(15-11-20)27(3)24(28)29-23-16-12-21(25)13-17-23/h12-13,16-17,20,22H,4-11,14-15,18-19H2,1-3H3/t20-,22-. The quantitative estimate of drug-likeness (QED) is 0.375. The van der Waals surface area contributed by atoms with E-state index in [1.54, 1.807) is 29.2 Å². The summed E-state index contributed by atoms with van der Waals surface area (Å²) in [5.41, 5.74) is 0. The van der Waals surface area contributed by atoms with Gasteiger partial charge in [-0.3, -0.25) is 0 Å². The Morgan fingerprint density at radius 1 is 1.00 bits per heavy atom. The number of ether oxygens (including phenoxy) is 1. The topological polar surface area (TPSA) is 32.8 Å². The molecule has 0 heterocycles. The van der Waals surface area contributed by atoms with E-state index in [9.17, 15) is 4.79 Å². The lowest BCUT2D eigenvalue weighted by Gasteiger charge is -2.34. The van der Waals surface area contributed by atoms with Gasteiger partial charge in [-0.15, -0.1) is 0 Å². The molecule has 4 nitrogen and oxygen atoms in total. The van der Waals surface area contributed by atoms with Gasteiger partial charge in [-0.2, -0.15) is 0 Å². The molecule has 0 bridgehead atoms. The number of amides is 1. The minimum atomic E-state index is -0.276. The summed E-state index contributed by atoms with van der Waals surface area (Å²) in [4.78, 5) is 16.7.